The van der Waals surface area contributed by atoms with Crippen LogP contribution in [-0.4, -0.2) is 36.4 Å². The van der Waals surface area contributed by atoms with Gasteiger partial charge in [0, 0.05) is 25.9 Å². The highest BCUT2D eigenvalue weighted by Gasteiger charge is 2.34. The number of piperidine rings is 1. The molecule has 0 aromatic heterocycles. The van der Waals surface area contributed by atoms with E-state index >= 15 is 0 Å². The Morgan fingerprint density at radius 2 is 2.00 bits per heavy atom. The van der Waals surface area contributed by atoms with Crippen molar-refractivity contribution in [1.82, 2.24) is 10.3 Å². The third-order valence-electron chi connectivity index (χ3n) is 2.12. The molecule has 0 saturated carbocycles. The van der Waals surface area contributed by atoms with Gasteiger partial charge in [-0.1, -0.05) is 0 Å². The molecule has 1 saturated heterocycles. The lowest BCUT2D eigenvalue weighted by atomic mass is 10.1. The molecule has 3 N–H and O–H groups in total. The zero-order valence-corrected chi connectivity index (χ0v) is 7.22. The minimum Gasteiger partial charge on any atom is -0.294 e. The Morgan fingerprint density at radius 3 is 2.46 bits per heavy atom. The Hall–Kier alpha value is -0.750. The van der Waals surface area contributed by atoms with Crippen molar-refractivity contribution in [3.8, 4) is 0 Å². The van der Waals surface area contributed by atoms with Gasteiger partial charge in [0.1, 0.15) is 0 Å². The quantitative estimate of drug-likeness (QED) is 0.360. The largest absolute Gasteiger partial charge is 0.294 e. The van der Waals surface area contributed by atoms with E-state index in [-0.39, 0.29) is 38.4 Å². The van der Waals surface area contributed by atoms with Crippen LogP contribution in [0.1, 0.15) is 12.8 Å². The molecule has 1 heterocycles. The summed E-state index contributed by atoms with van der Waals surface area (Å²) < 4.78 is 25.3. The van der Waals surface area contributed by atoms with E-state index < -0.39 is 5.92 Å². The van der Waals surface area contributed by atoms with Crippen molar-refractivity contribution in [2.75, 3.05) is 19.6 Å². The fourth-order valence-electron chi connectivity index (χ4n) is 1.29. The van der Waals surface area contributed by atoms with Crippen LogP contribution in [0.4, 0.5) is 8.78 Å². The van der Waals surface area contributed by atoms with Gasteiger partial charge in [-0.25, -0.2) is 14.6 Å². The van der Waals surface area contributed by atoms with Crippen molar-refractivity contribution in [3.05, 3.63) is 0 Å². The second kappa shape index (κ2) is 3.97. The van der Waals surface area contributed by atoms with Gasteiger partial charge in [-0.05, 0) is 0 Å². The van der Waals surface area contributed by atoms with E-state index in [1.807, 2.05) is 5.43 Å². The summed E-state index contributed by atoms with van der Waals surface area (Å²) in [5.41, 5.74) is 1.96. The SMILES string of the molecule is NNC(=O)CN1CCC(F)(F)CC1. The molecule has 0 aliphatic carbocycles. The van der Waals surface area contributed by atoms with Crippen LogP contribution < -0.4 is 11.3 Å². The summed E-state index contributed by atoms with van der Waals surface area (Å²) >= 11 is 0. The average molecular weight is 193 g/mol. The van der Waals surface area contributed by atoms with Crippen LogP contribution in [0.2, 0.25) is 0 Å². The van der Waals surface area contributed by atoms with Gasteiger partial charge in [-0.15, -0.1) is 0 Å². The van der Waals surface area contributed by atoms with Crippen molar-refractivity contribution in [3.63, 3.8) is 0 Å². The molecule has 1 aliphatic heterocycles. The summed E-state index contributed by atoms with van der Waals surface area (Å²) in [6.07, 6.45) is -0.351. The van der Waals surface area contributed by atoms with Crippen LogP contribution in [0.3, 0.4) is 0 Å². The maximum Gasteiger partial charge on any atom is 0.250 e. The van der Waals surface area contributed by atoms with Crippen molar-refractivity contribution in [2.45, 2.75) is 18.8 Å². The van der Waals surface area contributed by atoms with E-state index in [1.165, 1.54) is 0 Å². The predicted molar refractivity (Wildman–Crippen MR) is 43.0 cm³/mol. The zero-order chi connectivity index (χ0) is 9.90. The minimum absolute atomic E-state index is 0.104. The first-order valence-electron chi connectivity index (χ1n) is 4.13. The molecule has 1 fully saturated rings. The Kier molecular flexibility index (Phi) is 3.16. The summed E-state index contributed by atoms with van der Waals surface area (Å²) in [5.74, 6) is 1.97. The summed E-state index contributed by atoms with van der Waals surface area (Å²) in [7, 11) is 0. The first-order chi connectivity index (χ1) is 6.03. The highest BCUT2D eigenvalue weighted by Crippen LogP contribution is 2.27. The Labute approximate surface area is 75.0 Å². The summed E-state index contributed by atoms with van der Waals surface area (Å²) in [4.78, 5) is 12.4. The normalized spacial score (nSPS) is 22.7. The minimum atomic E-state index is -2.56. The number of carbonyl (C=O) groups excluding carboxylic acids is 1. The first kappa shape index (κ1) is 10.3. The van der Waals surface area contributed by atoms with E-state index in [0.717, 1.165) is 0 Å². The molecule has 76 valence electrons. The zero-order valence-electron chi connectivity index (χ0n) is 7.22. The van der Waals surface area contributed by atoms with Gasteiger partial charge in [0.2, 0.25) is 5.91 Å². The topological polar surface area (TPSA) is 58.4 Å². The molecule has 13 heavy (non-hydrogen) atoms. The van der Waals surface area contributed by atoms with E-state index in [9.17, 15) is 13.6 Å². The van der Waals surface area contributed by atoms with Crippen molar-refractivity contribution >= 4 is 5.91 Å². The molecule has 0 spiro atoms. The van der Waals surface area contributed by atoms with Crippen LogP contribution >= 0.6 is 0 Å². The molecule has 0 aromatic carbocycles. The highest BCUT2D eigenvalue weighted by molar-refractivity contribution is 5.77. The lowest BCUT2D eigenvalue weighted by Crippen LogP contribution is -2.45. The number of alkyl halides is 2. The van der Waals surface area contributed by atoms with Gasteiger partial charge in [-0.3, -0.25) is 15.1 Å². The number of nitrogens with zero attached hydrogens (tertiary/aromatic N) is 1. The molecule has 1 rings (SSSR count). The second-order valence-electron chi connectivity index (χ2n) is 3.20. The molecule has 6 heteroatoms. The van der Waals surface area contributed by atoms with Gasteiger partial charge in [0.25, 0.3) is 5.92 Å². The number of halogens is 2. The predicted octanol–water partition coefficient (Wildman–Crippen LogP) is -0.293. The Balaban J connectivity index is 2.29. The monoisotopic (exact) mass is 193 g/mol. The molecule has 1 aliphatic rings. The van der Waals surface area contributed by atoms with E-state index in [4.69, 9.17) is 5.84 Å². The van der Waals surface area contributed by atoms with Gasteiger partial charge in [-0.2, -0.15) is 0 Å². The molecule has 1 amide bonds. The van der Waals surface area contributed by atoms with E-state index in [1.54, 1.807) is 4.90 Å². The second-order valence-corrected chi connectivity index (χ2v) is 3.20. The van der Waals surface area contributed by atoms with Gasteiger partial charge in [0.15, 0.2) is 0 Å². The summed E-state index contributed by atoms with van der Waals surface area (Å²) in [6, 6.07) is 0. The maximum atomic E-state index is 12.6. The van der Waals surface area contributed by atoms with E-state index in [0.29, 0.717) is 0 Å². The Bertz CT molecular complexity index is 188. The fraction of sp³-hybridized carbons (Fsp3) is 0.857. The molecule has 0 unspecified atom stereocenters. The number of nitrogens with two attached hydrogens (primary N) is 1. The average Bonchev–Trinajstić information content (AvgIpc) is 2.08. The smallest absolute Gasteiger partial charge is 0.250 e. The van der Waals surface area contributed by atoms with Crippen LogP contribution in [0.15, 0.2) is 0 Å². The number of nitrogens with one attached hydrogen (secondary N) is 1. The molecule has 0 aromatic rings. The molecule has 4 nitrogen and oxygen atoms in total. The molecular weight excluding hydrogens is 180 g/mol. The molecule has 0 atom stereocenters. The maximum absolute atomic E-state index is 12.6. The number of hydrogen-bond donors (Lipinski definition) is 2. The molecule has 0 bridgehead atoms. The lowest BCUT2D eigenvalue weighted by molar-refractivity contribution is -0.124. The number of amides is 1. The van der Waals surface area contributed by atoms with Crippen molar-refractivity contribution in [1.29, 1.82) is 0 Å². The summed E-state index contributed by atoms with van der Waals surface area (Å²) in [6.45, 7) is 0.605. The van der Waals surface area contributed by atoms with Gasteiger partial charge < -0.3 is 0 Å². The third-order valence-corrected chi connectivity index (χ3v) is 2.12. The number of hydrogen-bond acceptors (Lipinski definition) is 3. The molecule has 0 radical (unpaired) electrons. The number of rotatable bonds is 2. The number of carbonyl (C=O) groups is 1. The number of hydrazine groups is 1. The Morgan fingerprint density at radius 1 is 1.46 bits per heavy atom. The third kappa shape index (κ3) is 3.23. The lowest BCUT2D eigenvalue weighted by Gasteiger charge is -2.30. The van der Waals surface area contributed by atoms with Crippen LogP contribution in [0, 0.1) is 0 Å². The summed E-state index contributed by atoms with van der Waals surface area (Å²) in [5, 5.41) is 0. The van der Waals surface area contributed by atoms with Gasteiger partial charge in [0.05, 0.1) is 6.54 Å². The first-order valence-corrected chi connectivity index (χ1v) is 4.13. The van der Waals surface area contributed by atoms with E-state index in [2.05, 4.69) is 0 Å². The van der Waals surface area contributed by atoms with Crippen LogP contribution in [-0.2, 0) is 4.79 Å². The van der Waals surface area contributed by atoms with Crippen LogP contribution in [0.25, 0.3) is 0 Å². The highest BCUT2D eigenvalue weighted by atomic mass is 19.3. The van der Waals surface area contributed by atoms with Gasteiger partial charge >= 0.3 is 0 Å². The molecular formula is C7H13F2N3O. The standard InChI is InChI=1S/C7H13F2N3O/c8-7(9)1-3-12(4-2-7)5-6(13)11-10/h1-5,10H2,(H,11,13). The van der Waals surface area contributed by atoms with Crippen molar-refractivity contribution < 1.29 is 13.6 Å². The van der Waals surface area contributed by atoms with Crippen LogP contribution in [0.5, 0.6) is 0 Å². The number of likely N-dealkylation sites (tertiary alicyclic amines) is 1. The van der Waals surface area contributed by atoms with Crippen molar-refractivity contribution in [2.24, 2.45) is 5.84 Å². The fourth-order valence-corrected chi connectivity index (χ4v) is 1.29.